The fraction of sp³-hybridized carbons (Fsp3) is 0.176. The molecule has 0 saturated heterocycles. The van der Waals surface area contributed by atoms with Crippen LogP contribution in [0.15, 0.2) is 42.5 Å². The number of nitrogens with one attached hydrogen (secondary N) is 1. The first-order valence-corrected chi connectivity index (χ1v) is 6.97. The molecule has 0 spiro atoms. The SMILES string of the molecule is COc1ccc(C)cc1/C=C/C(=O)Nc1cccc(C(F)(F)F)n1. The molecule has 1 amide bonds. The van der Waals surface area contributed by atoms with Crippen molar-refractivity contribution in [3.05, 3.63) is 59.3 Å². The summed E-state index contributed by atoms with van der Waals surface area (Å²) in [7, 11) is 1.51. The molecule has 0 fully saturated rings. The Morgan fingerprint density at radius 1 is 1.25 bits per heavy atom. The Labute approximate surface area is 137 Å². The van der Waals surface area contributed by atoms with E-state index in [0.717, 1.165) is 11.6 Å². The normalized spacial score (nSPS) is 11.5. The van der Waals surface area contributed by atoms with Crippen molar-refractivity contribution >= 4 is 17.8 Å². The first kappa shape index (κ1) is 17.5. The number of ether oxygens (including phenoxy) is 1. The summed E-state index contributed by atoms with van der Waals surface area (Å²) >= 11 is 0. The molecule has 0 bridgehead atoms. The Morgan fingerprint density at radius 3 is 2.67 bits per heavy atom. The van der Waals surface area contributed by atoms with Gasteiger partial charge in [0.1, 0.15) is 17.3 Å². The van der Waals surface area contributed by atoms with Gasteiger partial charge in [0.25, 0.3) is 0 Å². The molecule has 0 saturated carbocycles. The number of pyridine rings is 1. The number of halogens is 3. The van der Waals surface area contributed by atoms with Crippen molar-refractivity contribution in [2.45, 2.75) is 13.1 Å². The lowest BCUT2D eigenvalue weighted by Crippen LogP contribution is -2.13. The Morgan fingerprint density at radius 2 is 2.00 bits per heavy atom. The van der Waals surface area contributed by atoms with Gasteiger partial charge in [0.05, 0.1) is 7.11 Å². The number of hydrogen-bond donors (Lipinski definition) is 1. The number of carbonyl (C=O) groups excluding carboxylic acids is 1. The van der Waals surface area contributed by atoms with Gasteiger partial charge in [-0.25, -0.2) is 4.98 Å². The minimum Gasteiger partial charge on any atom is -0.496 e. The molecule has 2 rings (SSSR count). The highest BCUT2D eigenvalue weighted by molar-refractivity contribution is 6.01. The summed E-state index contributed by atoms with van der Waals surface area (Å²) in [6.07, 6.45) is -1.83. The molecule has 0 aliphatic carbocycles. The van der Waals surface area contributed by atoms with Crippen molar-refractivity contribution in [2.75, 3.05) is 12.4 Å². The average molecular weight is 336 g/mol. The van der Waals surface area contributed by atoms with E-state index in [1.807, 2.05) is 19.1 Å². The molecule has 0 unspecified atom stereocenters. The molecule has 24 heavy (non-hydrogen) atoms. The Balaban J connectivity index is 2.13. The second-order valence-corrected chi connectivity index (χ2v) is 4.97. The lowest BCUT2D eigenvalue weighted by atomic mass is 10.1. The molecule has 0 atom stereocenters. The zero-order chi connectivity index (χ0) is 17.7. The number of amides is 1. The molecule has 1 heterocycles. The molecular formula is C17H15F3N2O2. The first-order chi connectivity index (χ1) is 11.3. The van der Waals surface area contributed by atoms with Crippen molar-refractivity contribution in [3.8, 4) is 5.75 Å². The third-order valence-electron chi connectivity index (χ3n) is 3.09. The number of aryl methyl sites for hydroxylation is 1. The maximum absolute atomic E-state index is 12.6. The molecule has 7 heteroatoms. The van der Waals surface area contributed by atoms with Crippen molar-refractivity contribution in [1.29, 1.82) is 0 Å². The van der Waals surface area contributed by atoms with Crippen LogP contribution < -0.4 is 10.1 Å². The van der Waals surface area contributed by atoms with Gasteiger partial charge in [-0.2, -0.15) is 13.2 Å². The molecule has 1 aromatic heterocycles. The van der Waals surface area contributed by atoms with Crippen LogP contribution in [0.2, 0.25) is 0 Å². The molecule has 0 aliphatic heterocycles. The number of benzene rings is 1. The summed E-state index contributed by atoms with van der Waals surface area (Å²) in [6.45, 7) is 1.89. The number of carbonyl (C=O) groups is 1. The van der Waals surface area contributed by atoms with E-state index in [1.54, 1.807) is 6.07 Å². The van der Waals surface area contributed by atoms with Gasteiger partial charge < -0.3 is 10.1 Å². The largest absolute Gasteiger partial charge is 0.496 e. The van der Waals surface area contributed by atoms with Crippen LogP contribution in [0.3, 0.4) is 0 Å². The van der Waals surface area contributed by atoms with Crippen LogP contribution in [0.25, 0.3) is 6.08 Å². The van der Waals surface area contributed by atoms with Crippen LogP contribution in [0.4, 0.5) is 19.0 Å². The predicted molar refractivity (Wildman–Crippen MR) is 84.6 cm³/mol. The van der Waals surface area contributed by atoms with E-state index < -0.39 is 17.8 Å². The van der Waals surface area contributed by atoms with Gasteiger partial charge in [-0.3, -0.25) is 4.79 Å². The van der Waals surface area contributed by atoms with E-state index in [-0.39, 0.29) is 5.82 Å². The second-order valence-electron chi connectivity index (χ2n) is 4.97. The van der Waals surface area contributed by atoms with Crippen LogP contribution in [0, 0.1) is 6.92 Å². The van der Waals surface area contributed by atoms with Crippen molar-refractivity contribution in [1.82, 2.24) is 4.98 Å². The summed E-state index contributed by atoms with van der Waals surface area (Å²) in [4.78, 5) is 15.2. The van der Waals surface area contributed by atoms with Crippen molar-refractivity contribution in [2.24, 2.45) is 0 Å². The fourth-order valence-electron chi connectivity index (χ4n) is 1.98. The van der Waals surface area contributed by atoms with E-state index in [9.17, 15) is 18.0 Å². The maximum Gasteiger partial charge on any atom is 0.433 e. The summed E-state index contributed by atoms with van der Waals surface area (Å²) < 4.78 is 43.0. The molecule has 4 nitrogen and oxygen atoms in total. The van der Waals surface area contributed by atoms with E-state index >= 15 is 0 Å². The Kier molecular flexibility index (Phi) is 5.23. The number of nitrogens with zero attached hydrogens (tertiary/aromatic N) is 1. The lowest BCUT2D eigenvalue weighted by Gasteiger charge is -2.08. The Hall–Kier alpha value is -2.83. The number of hydrogen-bond acceptors (Lipinski definition) is 3. The smallest absolute Gasteiger partial charge is 0.433 e. The zero-order valence-corrected chi connectivity index (χ0v) is 13.0. The van der Waals surface area contributed by atoms with E-state index in [4.69, 9.17) is 4.74 Å². The minimum absolute atomic E-state index is 0.171. The quantitative estimate of drug-likeness (QED) is 0.856. The van der Waals surface area contributed by atoms with Crippen LogP contribution in [-0.2, 0) is 11.0 Å². The average Bonchev–Trinajstić information content (AvgIpc) is 2.52. The van der Waals surface area contributed by atoms with Crippen LogP contribution in [0.1, 0.15) is 16.8 Å². The highest BCUT2D eigenvalue weighted by atomic mass is 19.4. The molecule has 126 valence electrons. The van der Waals surface area contributed by atoms with E-state index in [0.29, 0.717) is 11.3 Å². The summed E-state index contributed by atoms with van der Waals surface area (Å²) in [6, 6.07) is 8.76. The number of rotatable bonds is 4. The maximum atomic E-state index is 12.6. The lowest BCUT2D eigenvalue weighted by molar-refractivity contribution is -0.141. The van der Waals surface area contributed by atoms with Gasteiger partial charge in [-0.15, -0.1) is 0 Å². The highest BCUT2D eigenvalue weighted by Crippen LogP contribution is 2.28. The Bertz CT molecular complexity index is 771. The highest BCUT2D eigenvalue weighted by Gasteiger charge is 2.32. The standard InChI is InChI=1S/C17H15F3N2O2/c1-11-6-8-13(24-2)12(10-11)7-9-16(23)22-15-5-3-4-14(21-15)17(18,19)20/h3-10H,1-2H3,(H,21,22,23)/b9-7+. The summed E-state index contributed by atoms with van der Waals surface area (Å²) in [5.41, 5.74) is 0.602. The first-order valence-electron chi connectivity index (χ1n) is 6.97. The third kappa shape index (κ3) is 4.58. The van der Waals surface area contributed by atoms with Crippen LogP contribution >= 0.6 is 0 Å². The number of alkyl halides is 3. The third-order valence-corrected chi connectivity index (χ3v) is 3.09. The van der Waals surface area contributed by atoms with E-state index in [2.05, 4.69) is 10.3 Å². The molecule has 1 N–H and O–H groups in total. The van der Waals surface area contributed by atoms with Crippen molar-refractivity contribution in [3.63, 3.8) is 0 Å². The fourth-order valence-corrected chi connectivity index (χ4v) is 1.98. The predicted octanol–water partition coefficient (Wildman–Crippen LogP) is 4.07. The molecular weight excluding hydrogens is 321 g/mol. The molecule has 2 aromatic rings. The van der Waals surface area contributed by atoms with Gasteiger partial charge in [0.15, 0.2) is 0 Å². The molecule has 0 radical (unpaired) electrons. The zero-order valence-electron chi connectivity index (χ0n) is 13.0. The minimum atomic E-state index is -4.56. The van der Waals surface area contributed by atoms with Gasteiger partial charge in [0.2, 0.25) is 5.91 Å². The number of methoxy groups -OCH3 is 1. The topological polar surface area (TPSA) is 51.2 Å². The number of aromatic nitrogens is 1. The van der Waals surface area contributed by atoms with Crippen LogP contribution in [-0.4, -0.2) is 18.0 Å². The van der Waals surface area contributed by atoms with Gasteiger partial charge >= 0.3 is 6.18 Å². The van der Waals surface area contributed by atoms with Gasteiger partial charge in [0, 0.05) is 11.6 Å². The van der Waals surface area contributed by atoms with Gasteiger partial charge in [-0.05, 0) is 37.3 Å². The summed E-state index contributed by atoms with van der Waals surface area (Å²) in [5.74, 6) is -0.178. The summed E-state index contributed by atoms with van der Waals surface area (Å²) in [5, 5.41) is 2.30. The van der Waals surface area contributed by atoms with Crippen LogP contribution in [0.5, 0.6) is 5.75 Å². The second kappa shape index (κ2) is 7.16. The molecule has 1 aromatic carbocycles. The van der Waals surface area contributed by atoms with E-state index in [1.165, 1.54) is 31.4 Å². The van der Waals surface area contributed by atoms with Gasteiger partial charge in [-0.1, -0.05) is 17.7 Å². The molecule has 0 aliphatic rings. The monoisotopic (exact) mass is 336 g/mol. The van der Waals surface area contributed by atoms with Crippen molar-refractivity contribution < 1.29 is 22.7 Å². The number of anilines is 1.